The molecule has 3 N–H and O–H groups in total. The molecule has 0 aliphatic carbocycles. The van der Waals surface area contributed by atoms with E-state index >= 15 is 0 Å². The zero-order valence-electron chi connectivity index (χ0n) is 20.7. The minimum Gasteiger partial charge on any atom is -0.455 e. The van der Waals surface area contributed by atoms with Gasteiger partial charge in [0.15, 0.2) is 0 Å². The number of allylic oxidation sites excluding steroid dienone is 7. The quantitative estimate of drug-likeness (QED) is 0.292. The van der Waals surface area contributed by atoms with Gasteiger partial charge in [-0.25, -0.2) is 4.79 Å². The third-order valence-electron chi connectivity index (χ3n) is 6.14. The highest BCUT2D eigenvalue weighted by molar-refractivity contribution is 5.82. The second kappa shape index (κ2) is 13.5. The van der Waals surface area contributed by atoms with Crippen LogP contribution in [-0.2, 0) is 14.3 Å². The number of carbonyl (C=O) groups excluding carboxylic acids is 1. The molecule has 2 aliphatic heterocycles. The van der Waals surface area contributed by atoms with Crippen LogP contribution in [0, 0.1) is 11.8 Å². The number of carbonyl (C=O) groups is 1. The molecule has 6 unspecified atom stereocenters. The second-order valence-electron chi connectivity index (χ2n) is 9.38. The van der Waals surface area contributed by atoms with Gasteiger partial charge in [-0.15, -0.1) is 0 Å². The lowest BCUT2D eigenvalue weighted by Crippen LogP contribution is -2.49. The largest absolute Gasteiger partial charge is 0.455 e. The Morgan fingerprint density at radius 2 is 2.09 bits per heavy atom. The molecular formula is C28H41NO4. The van der Waals surface area contributed by atoms with Gasteiger partial charge in [0.05, 0.1) is 18.3 Å². The van der Waals surface area contributed by atoms with E-state index < -0.39 is 6.10 Å². The first kappa shape index (κ1) is 27.0. The summed E-state index contributed by atoms with van der Waals surface area (Å²) in [6, 6.07) is 0.0110. The lowest BCUT2D eigenvalue weighted by Gasteiger charge is -2.39. The number of rotatable bonds is 9. The van der Waals surface area contributed by atoms with Crippen LogP contribution in [0.4, 0.5) is 0 Å². The Morgan fingerprint density at radius 1 is 1.33 bits per heavy atom. The van der Waals surface area contributed by atoms with Crippen LogP contribution in [-0.4, -0.2) is 41.5 Å². The summed E-state index contributed by atoms with van der Waals surface area (Å²) in [5.74, 6) is 0.314. The van der Waals surface area contributed by atoms with Gasteiger partial charge in [0.25, 0.3) is 0 Å². The normalized spacial score (nSPS) is 31.5. The first-order chi connectivity index (χ1) is 15.7. The Balaban J connectivity index is 1.85. The van der Waals surface area contributed by atoms with Crippen molar-refractivity contribution in [3.05, 3.63) is 71.9 Å². The van der Waals surface area contributed by atoms with Gasteiger partial charge in [-0.05, 0) is 45.6 Å². The Labute approximate surface area is 199 Å². The molecule has 0 aromatic rings. The van der Waals surface area contributed by atoms with E-state index in [1.165, 1.54) is 11.6 Å². The van der Waals surface area contributed by atoms with Gasteiger partial charge in [-0.2, -0.15) is 0 Å². The van der Waals surface area contributed by atoms with Crippen LogP contribution in [0.25, 0.3) is 0 Å². The van der Waals surface area contributed by atoms with Crippen LogP contribution in [0.15, 0.2) is 71.9 Å². The van der Waals surface area contributed by atoms with Crippen molar-refractivity contribution in [2.24, 2.45) is 17.6 Å². The summed E-state index contributed by atoms with van der Waals surface area (Å²) in [5, 5.41) is 10.6. The van der Waals surface area contributed by atoms with Gasteiger partial charge >= 0.3 is 5.97 Å². The second-order valence-corrected chi connectivity index (χ2v) is 9.38. The Kier molecular flexibility index (Phi) is 11.0. The van der Waals surface area contributed by atoms with E-state index in [1.54, 1.807) is 6.08 Å². The summed E-state index contributed by atoms with van der Waals surface area (Å²) in [4.78, 5) is 11.3. The number of cyclic esters (lactones) is 1. The van der Waals surface area contributed by atoms with E-state index in [9.17, 15) is 9.90 Å². The minimum absolute atomic E-state index is 0.0110. The minimum atomic E-state index is -0.686. The first-order valence-electron chi connectivity index (χ1n) is 12.0. The molecule has 0 aromatic carbocycles. The molecule has 0 saturated carbocycles. The van der Waals surface area contributed by atoms with E-state index in [2.05, 4.69) is 33.8 Å². The fourth-order valence-corrected chi connectivity index (χ4v) is 4.25. The molecule has 0 bridgehead atoms. The highest BCUT2D eigenvalue weighted by Gasteiger charge is 2.35. The van der Waals surface area contributed by atoms with Gasteiger partial charge < -0.3 is 20.3 Å². The van der Waals surface area contributed by atoms with Gasteiger partial charge in [0.1, 0.15) is 6.10 Å². The van der Waals surface area contributed by atoms with Gasteiger partial charge in [-0.1, -0.05) is 73.6 Å². The van der Waals surface area contributed by atoms with E-state index in [0.717, 1.165) is 18.4 Å². The maximum atomic E-state index is 11.3. The van der Waals surface area contributed by atoms with Crippen LogP contribution < -0.4 is 5.73 Å². The zero-order valence-corrected chi connectivity index (χ0v) is 20.7. The molecule has 5 nitrogen and oxygen atoms in total. The number of aliphatic hydroxyl groups excluding tert-OH is 1. The van der Waals surface area contributed by atoms with Crippen LogP contribution >= 0.6 is 0 Å². The van der Waals surface area contributed by atoms with Crippen molar-refractivity contribution in [2.45, 2.75) is 84.3 Å². The summed E-state index contributed by atoms with van der Waals surface area (Å²) in [6.45, 7) is 10.4. The maximum absolute atomic E-state index is 11.3. The Morgan fingerprint density at radius 3 is 2.79 bits per heavy atom. The molecule has 0 spiro atoms. The summed E-state index contributed by atoms with van der Waals surface area (Å²) >= 11 is 0. The van der Waals surface area contributed by atoms with Gasteiger partial charge in [0, 0.05) is 24.5 Å². The van der Waals surface area contributed by atoms with Crippen LogP contribution in [0.2, 0.25) is 0 Å². The number of nitrogens with two attached hydrogens (primary N) is 1. The molecule has 2 rings (SSSR count). The zero-order chi connectivity index (χ0) is 24.4. The van der Waals surface area contributed by atoms with Crippen molar-refractivity contribution in [3.63, 3.8) is 0 Å². The van der Waals surface area contributed by atoms with Crippen LogP contribution in [0.1, 0.15) is 53.9 Å². The summed E-state index contributed by atoms with van der Waals surface area (Å²) < 4.78 is 11.3. The van der Waals surface area contributed by atoms with E-state index in [4.69, 9.17) is 15.2 Å². The molecule has 0 radical (unpaired) electrons. The average molecular weight is 456 g/mol. The number of esters is 1. The van der Waals surface area contributed by atoms with E-state index in [0.29, 0.717) is 12.3 Å². The van der Waals surface area contributed by atoms with Crippen molar-refractivity contribution in [1.29, 1.82) is 0 Å². The van der Waals surface area contributed by atoms with Crippen LogP contribution in [0.5, 0.6) is 0 Å². The fraction of sp³-hybridized carbons (Fsp3) is 0.536. The maximum Gasteiger partial charge on any atom is 0.331 e. The summed E-state index contributed by atoms with van der Waals surface area (Å²) in [7, 11) is 0. The number of hydrogen-bond donors (Lipinski definition) is 2. The Hall–Kier alpha value is -2.21. The van der Waals surface area contributed by atoms with E-state index in [-0.39, 0.29) is 36.2 Å². The molecular weight excluding hydrogens is 414 g/mol. The third-order valence-corrected chi connectivity index (χ3v) is 6.14. The molecule has 1 fully saturated rings. The third kappa shape index (κ3) is 9.28. The first-order valence-corrected chi connectivity index (χ1v) is 12.0. The van der Waals surface area contributed by atoms with E-state index in [1.807, 2.05) is 49.5 Å². The Bertz CT molecular complexity index is 820. The summed E-state index contributed by atoms with van der Waals surface area (Å²) in [6.07, 6.45) is 20.3. The fourth-order valence-electron chi connectivity index (χ4n) is 4.25. The number of ether oxygens (including phenoxy) is 2. The molecule has 1 saturated heterocycles. The average Bonchev–Trinajstić information content (AvgIpc) is 2.75. The van der Waals surface area contributed by atoms with Crippen molar-refractivity contribution in [1.82, 2.24) is 0 Å². The van der Waals surface area contributed by atoms with Crippen molar-refractivity contribution in [3.8, 4) is 0 Å². The molecule has 2 heterocycles. The molecule has 182 valence electrons. The predicted octanol–water partition coefficient (Wildman–Crippen LogP) is 4.95. The lowest BCUT2D eigenvalue weighted by atomic mass is 9.87. The highest BCUT2D eigenvalue weighted by Crippen LogP contribution is 2.27. The molecule has 0 aromatic heterocycles. The molecule has 2 aliphatic rings. The number of aliphatic hydroxyl groups is 1. The standard InChI is InChI=1S/C28H41NO4/c1-6-9-26-22(5)24(29)18-27(33-26)25(30)12-7-10-19(2)16-21(4)17-20(3)14-15-23-11-8-13-28(31)32-23/h6-10,12-15,17,21-27,30H,11,16,18,29H2,1-5H3/b9-6+,12-7+,15-14+,19-10+,20-17-/t21?,22?,23?,24?,25?,26-,27?/m0/s1. The summed E-state index contributed by atoms with van der Waals surface area (Å²) in [5.41, 5.74) is 8.64. The molecule has 5 heteroatoms. The smallest absolute Gasteiger partial charge is 0.331 e. The SMILES string of the molecule is C/C=C/[C@@H]1OC(C(O)/C=C/C=C(\C)CC(C)/C=C(C)\C=C\C2CC=CC(=O)O2)CC(N)C1C. The number of hydrogen-bond acceptors (Lipinski definition) is 5. The topological polar surface area (TPSA) is 81.8 Å². The van der Waals surface area contributed by atoms with Crippen molar-refractivity contribution in [2.75, 3.05) is 0 Å². The van der Waals surface area contributed by atoms with Crippen LogP contribution in [0.3, 0.4) is 0 Å². The van der Waals surface area contributed by atoms with Gasteiger partial charge in [0.2, 0.25) is 0 Å². The molecule has 33 heavy (non-hydrogen) atoms. The van der Waals surface area contributed by atoms with Crippen molar-refractivity contribution >= 4 is 5.97 Å². The highest BCUT2D eigenvalue weighted by atomic mass is 16.5. The molecule has 0 amide bonds. The monoisotopic (exact) mass is 455 g/mol. The predicted molar refractivity (Wildman–Crippen MR) is 134 cm³/mol. The molecule has 7 atom stereocenters. The van der Waals surface area contributed by atoms with Gasteiger partial charge in [-0.3, -0.25) is 0 Å². The van der Waals surface area contributed by atoms with Crippen molar-refractivity contribution < 1.29 is 19.4 Å². The lowest BCUT2D eigenvalue weighted by molar-refractivity contribution is -0.141.